The Hall–Kier alpha value is -2.00. The third kappa shape index (κ3) is 4.09. The topological polar surface area (TPSA) is 75.1 Å². The second-order valence-corrected chi connectivity index (χ2v) is 7.01. The van der Waals surface area contributed by atoms with E-state index in [1.165, 1.54) is 0 Å². The Balaban J connectivity index is 1.52. The maximum absolute atomic E-state index is 13.8. The van der Waals surface area contributed by atoms with Crippen molar-refractivity contribution in [1.82, 2.24) is 25.0 Å². The summed E-state index contributed by atoms with van der Waals surface area (Å²) in [6.45, 7) is 3.35. The molecule has 0 radical (unpaired) electrons. The van der Waals surface area contributed by atoms with Crippen molar-refractivity contribution in [3.8, 4) is 0 Å². The van der Waals surface area contributed by atoms with Gasteiger partial charge in [-0.2, -0.15) is 5.10 Å². The van der Waals surface area contributed by atoms with Crippen molar-refractivity contribution < 1.29 is 9.18 Å². The molecule has 0 aliphatic carbocycles. The minimum atomic E-state index is -0.864. The van der Waals surface area contributed by atoms with Crippen molar-refractivity contribution in [3.05, 3.63) is 28.3 Å². The Morgan fingerprint density at radius 2 is 2.38 bits per heavy atom. The molecule has 1 saturated heterocycles. The highest BCUT2D eigenvalue weighted by Crippen LogP contribution is 2.23. The summed E-state index contributed by atoms with van der Waals surface area (Å²) >= 11 is 1.59. The van der Waals surface area contributed by atoms with E-state index >= 15 is 0 Å². The summed E-state index contributed by atoms with van der Waals surface area (Å²) in [7, 11) is 1.75. The van der Waals surface area contributed by atoms with Gasteiger partial charge in [-0.25, -0.2) is 14.2 Å². The maximum Gasteiger partial charge on any atom is 0.320 e. The molecule has 0 aromatic carbocycles. The van der Waals surface area contributed by atoms with Crippen molar-refractivity contribution in [2.75, 3.05) is 18.4 Å². The summed E-state index contributed by atoms with van der Waals surface area (Å²) in [5.41, 5.74) is 0.955. The van der Waals surface area contributed by atoms with Crippen LogP contribution in [-0.4, -0.2) is 51.0 Å². The standard InChI is InChI=1S/C15H21FN6OS/c1-10-19-12(9-24-10)8-22-7-11(16)5-13(22)6-17-15(23)20-14-3-4-18-21(14)2/h3-4,9,11,13H,5-8H2,1-2H3,(H2,17,20,23)/t11-,13-/m0/s1. The highest BCUT2D eigenvalue weighted by Gasteiger charge is 2.32. The molecule has 130 valence electrons. The van der Waals surface area contributed by atoms with Gasteiger partial charge >= 0.3 is 6.03 Å². The number of hydrogen-bond acceptors (Lipinski definition) is 5. The lowest BCUT2D eigenvalue weighted by atomic mass is 10.2. The van der Waals surface area contributed by atoms with E-state index < -0.39 is 6.17 Å². The molecule has 0 saturated carbocycles. The molecule has 3 heterocycles. The smallest absolute Gasteiger partial charge is 0.320 e. The van der Waals surface area contributed by atoms with E-state index in [1.807, 2.05) is 17.2 Å². The molecule has 2 atom stereocenters. The quantitative estimate of drug-likeness (QED) is 0.862. The molecule has 2 aromatic heterocycles. The molecule has 3 rings (SSSR count). The number of thiazole rings is 1. The largest absolute Gasteiger partial charge is 0.336 e. The van der Waals surface area contributed by atoms with Crippen LogP contribution in [0.4, 0.5) is 15.0 Å². The number of nitrogens with one attached hydrogen (secondary N) is 2. The van der Waals surface area contributed by atoms with Crippen LogP contribution in [0, 0.1) is 6.92 Å². The highest BCUT2D eigenvalue weighted by molar-refractivity contribution is 7.09. The van der Waals surface area contributed by atoms with Crippen LogP contribution in [0.2, 0.25) is 0 Å². The van der Waals surface area contributed by atoms with Crippen molar-refractivity contribution >= 4 is 23.2 Å². The Morgan fingerprint density at radius 1 is 1.54 bits per heavy atom. The molecule has 0 bridgehead atoms. The van der Waals surface area contributed by atoms with E-state index in [2.05, 4.69) is 20.7 Å². The first-order valence-corrected chi connectivity index (χ1v) is 8.71. The molecule has 2 N–H and O–H groups in total. The van der Waals surface area contributed by atoms with Crippen molar-refractivity contribution in [2.24, 2.45) is 7.05 Å². The average Bonchev–Trinajstić information content (AvgIpc) is 3.20. The van der Waals surface area contributed by atoms with Crippen molar-refractivity contribution in [3.63, 3.8) is 0 Å². The number of halogens is 1. The molecule has 1 aliphatic rings. The molecule has 2 amide bonds. The minimum Gasteiger partial charge on any atom is -0.336 e. The molecule has 24 heavy (non-hydrogen) atoms. The van der Waals surface area contributed by atoms with Gasteiger partial charge in [0.05, 0.1) is 16.9 Å². The average molecular weight is 352 g/mol. The van der Waals surface area contributed by atoms with E-state index in [0.717, 1.165) is 10.7 Å². The fourth-order valence-corrected chi connectivity index (χ4v) is 3.49. The van der Waals surface area contributed by atoms with Crippen molar-refractivity contribution in [1.29, 1.82) is 0 Å². The Bertz CT molecular complexity index is 702. The number of amides is 2. The highest BCUT2D eigenvalue weighted by atomic mass is 32.1. The monoisotopic (exact) mass is 352 g/mol. The number of aromatic nitrogens is 3. The van der Waals surface area contributed by atoms with Gasteiger partial charge in [-0.1, -0.05) is 0 Å². The molecular formula is C15H21FN6OS. The number of aryl methyl sites for hydroxylation is 2. The number of anilines is 1. The zero-order valence-corrected chi connectivity index (χ0v) is 14.5. The second kappa shape index (κ2) is 7.27. The van der Waals surface area contributed by atoms with E-state index in [1.54, 1.807) is 35.3 Å². The van der Waals surface area contributed by atoms with Gasteiger partial charge in [0.25, 0.3) is 0 Å². The molecule has 2 aromatic rings. The van der Waals surface area contributed by atoms with Gasteiger partial charge in [0.1, 0.15) is 12.0 Å². The second-order valence-electron chi connectivity index (χ2n) is 5.95. The van der Waals surface area contributed by atoms with Crippen LogP contribution >= 0.6 is 11.3 Å². The van der Waals surface area contributed by atoms with Crippen LogP contribution in [0.25, 0.3) is 0 Å². The third-order valence-corrected chi connectivity index (χ3v) is 4.89. The molecule has 7 nitrogen and oxygen atoms in total. The van der Waals surface area contributed by atoms with Crippen LogP contribution in [-0.2, 0) is 13.6 Å². The van der Waals surface area contributed by atoms with Gasteiger partial charge in [-0.3, -0.25) is 14.9 Å². The SMILES string of the molecule is Cc1nc(CN2C[C@@H](F)C[C@H]2CNC(=O)Nc2ccnn2C)cs1. The molecule has 1 fully saturated rings. The number of likely N-dealkylation sites (tertiary alicyclic amines) is 1. The summed E-state index contributed by atoms with van der Waals surface area (Å²) < 4.78 is 15.4. The van der Waals surface area contributed by atoms with Gasteiger partial charge in [-0.05, 0) is 13.3 Å². The number of hydrogen-bond donors (Lipinski definition) is 2. The van der Waals surface area contributed by atoms with Crippen LogP contribution in [0.5, 0.6) is 0 Å². The lowest BCUT2D eigenvalue weighted by molar-refractivity contribution is 0.222. The molecular weight excluding hydrogens is 331 g/mol. The molecule has 0 unspecified atom stereocenters. The van der Waals surface area contributed by atoms with E-state index in [-0.39, 0.29) is 12.1 Å². The first-order valence-electron chi connectivity index (χ1n) is 7.83. The number of carbonyl (C=O) groups is 1. The van der Waals surface area contributed by atoms with Crippen LogP contribution < -0.4 is 10.6 Å². The van der Waals surface area contributed by atoms with E-state index in [0.29, 0.717) is 31.9 Å². The zero-order chi connectivity index (χ0) is 17.1. The van der Waals surface area contributed by atoms with Gasteiger partial charge in [-0.15, -0.1) is 11.3 Å². The first-order chi connectivity index (χ1) is 11.5. The Morgan fingerprint density at radius 3 is 3.04 bits per heavy atom. The Kier molecular flexibility index (Phi) is 5.10. The summed E-state index contributed by atoms with van der Waals surface area (Å²) in [5.74, 6) is 0.608. The lowest BCUT2D eigenvalue weighted by Gasteiger charge is -2.23. The predicted molar refractivity (Wildman–Crippen MR) is 90.8 cm³/mol. The minimum absolute atomic E-state index is 0.0284. The van der Waals surface area contributed by atoms with Gasteiger partial charge in [0.2, 0.25) is 0 Å². The van der Waals surface area contributed by atoms with Gasteiger partial charge in [0, 0.05) is 44.2 Å². The predicted octanol–water partition coefficient (Wildman–Crippen LogP) is 1.92. The molecule has 0 spiro atoms. The maximum atomic E-state index is 13.8. The summed E-state index contributed by atoms with van der Waals surface area (Å²) in [6.07, 6.45) is 1.17. The van der Waals surface area contributed by atoms with Gasteiger partial charge < -0.3 is 5.32 Å². The number of alkyl halides is 1. The first kappa shape index (κ1) is 16.8. The number of urea groups is 1. The normalized spacial score (nSPS) is 21.1. The zero-order valence-electron chi connectivity index (χ0n) is 13.7. The fourth-order valence-electron chi connectivity index (χ4n) is 2.88. The number of carbonyl (C=O) groups excluding carboxylic acids is 1. The van der Waals surface area contributed by atoms with Crippen LogP contribution in [0.1, 0.15) is 17.1 Å². The van der Waals surface area contributed by atoms with Crippen molar-refractivity contribution in [2.45, 2.75) is 32.1 Å². The third-order valence-electron chi connectivity index (χ3n) is 4.07. The summed E-state index contributed by atoms with van der Waals surface area (Å²) in [5, 5.41) is 12.5. The molecule has 9 heteroatoms. The molecule has 1 aliphatic heterocycles. The number of nitrogens with zero attached hydrogens (tertiary/aromatic N) is 4. The van der Waals surface area contributed by atoms with Crippen LogP contribution in [0.3, 0.4) is 0 Å². The van der Waals surface area contributed by atoms with E-state index in [9.17, 15) is 9.18 Å². The summed E-state index contributed by atoms with van der Waals surface area (Å²) in [4.78, 5) is 18.5. The summed E-state index contributed by atoms with van der Waals surface area (Å²) in [6, 6.07) is 1.37. The number of rotatable bonds is 5. The van der Waals surface area contributed by atoms with E-state index in [4.69, 9.17) is 0 Å². The Labute approximate surface area is 143 Å². The lowest BCUT2D eigenvalue weighted by Crippen LogP contribution is -2.41. The van der Waals surface area contributed by atoms with Crippen LogP contribution in [0.15, 0.2) is 17.6 Å². The fraction of sp³-hybridized carbons (Fsp3) is 0.533. The van der Waals surface area contributed by atoms with Gasteiger partial charge in [0.15, 0.2) is 0 Å².